The largest absolute Gasteiger partial charge is 0.346 e. The number of rotatable bonds is 3. The van der Waals surface area contributed by atoms with Gasteiger partial charge in [0.15, 0.2) is 0 Å². The van der Waals surface area contributed by atoms with E-state index in [4.69, 9.17) is 0 Å². The van der Waals surface area contributed by atoms with Gasteiger partial charge in [0.25, 0.3) is 5.91 Å². The average molecular weight is 337 g/mol. The Hall–Kier alpha value is -2.95. The minimum atomic E-state index is -0.373. The minimum absolute atomic E-state index is 0.230. The highest BCUT2D eigenvalue weighted by molar-refractivity contribution is 5.94. The normalized spacial score (nSPS) is 11.4. The molecule has 0 bridgehead atoms. The molecule has 0 spiro atoms. The molecule has 3 rings (SSSR count). The maximum atomic E-state index is 13.2. The van der Waals surface area contributed by atoms with Gasteiger partial charge in [-0.25, -0.2) is 9.07 Å². The molecule has 0 fully saturated rings. The lowest BCUT2D eigenvalue weighted by atomic mass is 10.1. The summed E-state index contributed by atoms with van der Waals surface area (Å²) in [5.74, 6) is -0.564. The number of carbonyl (C=O) groups excluding carboxylic acids is 1. The summed E-state index contributed by atoms with van der Waals surface area (Å²) in [4.78, 5) is 12.7. The third-order valence-electron chi connectivity index (χ3n) is 3.57. The quantitative estimate of drug-likeness (QED) is 0.778. The lowest BCUT2D eigenvalue weighted by molar-refractivity contribution is 0.0911. The highest BCUT2D eigenvalue weighted by Crippen LogP contribution is 2.22. The Morgan fingerprint density at radius 2 is 1.68 bits per heavy atom. The van der Waals surface area contributed by atoms with Gasteiger partial charge in [0.05, 0.1) is 11.4 Å². The highest BCUT2D eigenvalue weighted by Gasteiger charge is 2.21. The van der Waals surface area contributed by atoms with Crippen LogP contribution in [-0.4, -0.2) is 21.2 Å². The van der Waals surface area contributed by atoms with E-state index in [-0.39, 0.29) is 17.3 Å². The Balaban J connectivity index is 2.09. The van der Waals surface area contributed by atoms with Crippen molar-refractivity contribution in [2.24, 2.45) is 0 Å². The van der Waals surface area contributed by atoms with Crippen LogP contribution in [0.2, 0.25) is 0 Å². The predicted octanol–water partition coefficient (Wildman–Crippen LogP) is 4.21. The van der Waals surface area contributed by atoms with E-state index in [1.807, 2.05) is 51.1 Å². The lowest BCUT2D eigenvalue weighted by Gasteiger charge is -2.20. The van der Waals surface area contributed by atoms with E-state index in [1.165, 1.54) is 12.1 Å². The van der Waals surface area contributed by atoms with Crippen LogP contribution in [0.1, 0.15) is 31.3 Å². The fourth-order valence-corrected chi connectivity index (χ4v) is 2.48. The van der Waals surface area contributed by atoms with Gasteiger partial charge in [-0.1, -0.05) is 30.3 Å². The van der Waals surface area contributed by atoms with Crippen LogP contribution in [0.25, 0.3) is 16.9 Å². The van der Waals surface area contributed by atoms with Gasteiger partial charge in [0.2, 0.25) is 0 Å². The lowest BCUT2D eigenvalue weighted by Crippen LogP contribution is -2.41. The molecule has 0 atom stereocenters. The number of hydrogen-bond acceptors (Lipinski definition) is 2. The van der Waals surface area contributed by atoms with Crippen molar-refractivity contribution in [1.82, 2.24) is 15.1 Å². The van der Waals surface area contributed by atoms with Crippen molar-refractivity contribution in [1.29, 1.82) is 0 Å². The molecule has 1 N–H and O–H groups in total. The molecule has 0 radical (unpaired) electrons. The molecule has 0 aliphatic carbocycles. The first-order chi connectivity index (χ1) is 11.8. The summed E-state index contributed by atoms with van der Waals surface area (Å²) in [7, 11) is 0. The number of nitrogens with zero attached hydrogens (tertiary/aromatic N) is 2. The monoisotopic (exact) mass is 337 g/mol. The zero-order valence-corrected chi connectivity index (χ0v) is 14.5. The van der Waals surface area contributed by atoms with Crippen molar-refractivity contribution in [2.45, 2.75) is 26.3 Å². The number of hydrogen-bond donors (Lipinski definition) is 1. The number of benzene rings is 2. The van der Waals surface area contributed by atoms with Gasteiger partial charge in [-0.3, -0.25) is 4.79 Å². The van der Waals surface area contributed by atoms with Crippen LogP contribution in [0.4, 0.5) is 4.39 Å². The van der Waals surface area contributed by atoms with E-state index in [1.54, 1.807) is 22.9 Å². The molecule has 3 aromatic rings. The molecule has 0 saturated heterocycles. The number of amides is 1. The number of carbonyl (C=O) groups is 1. The molecule has 25 heavy (non-hydrogen) atoms. The second-order valence-electron chi connectivity index (χ2n) is 6.87. The third-order valence-corrected chi connectivity index (χ3v) is 3.57. The maximum absolute atomic E-state index is 13.2. The molecule has 0 aliphatic heterocycles. The van der Waals surface area contributed by atoms with Gasteiger partial charge in [0.1, 0.15) is 11.5 Å². The predicted molar refractivity (Wildman–Crippen MR) is 96.2 cm³/mol. The van der Waals surface area contributed by atoms with Crippen LogP contribution >= 0.6 is 0 Å². The molecule has 2 aromatic carbocycles. The highest BCUT2D eigenvalue weighted by atomic mass is 19.1. The smallest absolute Gasteiger partial charge is 0.270 e. The molecular weight excluding hydrogens is 317 g/mol. The van der Waals surface area contributed by atoms with Gasteiger partial charge < -0.3 is 5.32 Å². The van der Waals surface area contributed by atoms with Crippen LogP contribution in [-0.2, 0) is 0 Å². The summed E-state index contributed by atoms with van der Waals surface area (Å²) < 4.78 is 14.8. The van der Waals surface area contributed by atoms with E-state index >= 15 is 0 Å². The maximum Gasteiger partial charge on any atom is 0.270 e. The topological polar surface area (TPSA) is 46.9 Å². The van der Waals surface area contributed by atoms with Crippen LogP contribution in [0, 0.1) is 5.82 Å². The van der Waals surface area contributed by atoms with Crippen molar-refractivity contribution in [3.05, 3.63) is 72.2 Å². The van der Waals surface area contributed by atoms with Crippen LogP contribution < -0.4 is 5.32 Å². The number of aromatic nitrogens is 2. The summed E-state index contributed by atoms with van der Waals surface area (Å²) in [5, 5.41) is 7.51. The molecular formula is C20H20FN3O. The Kier molecular flexibility index (Phi) is 4.40. The number of nitrogens with one attached hydrogen (secondary N) is 1. The Morgan fingerprint density at radius 3 is 2.28 bits per heavy atom. The summed E-state index contributed by atoms with van der Waals surface area (Å²) in [5.41, 5.74) is 2.25. The van der Waals surface area contributed by atoms with Crippen molar-refractivity contribution >= 4 is 5.91 Å². The minimum Gasteiger partial charge on any atom is -0.346 e. The summed E-state index contributed by atoms with van der Waals surface area (Å²) in [6, 6.07) is 17.3. The SMILES string of the molecule is CC(C)(C)NC(=O)c1cc(-c2ccccc2)nn1-c1ccc(F)cc1. The van der Waals surface area contributed by atoms with Crippen LogP contribution in [0.15, 0.2) is 60.7 Å². The van der Waals surface area contributed by atoms with Gasteiger partial charge >= 0.3 is 0 Å². The van der Waals surface area contributed by atoms with E-state index in [0.717, 1.165) is 5.56 Å². The van der Waals surface area contributed by atoms with E-state index in [9.17, 15) is 9.18 Å². The van der Waals surface area contributed by atoms with Crippen molar-refractivity contribution < 1.29 is 9.18 Å². The van der Waals surface area contributed by atoms with Gasteiger partial charge in [-0.15, -0.1) is 0 Å². The first-order valence-electron chi connectivity index (χ1n) is 8.07. The standard InChI is InChI=1S/C20H20FN3O/c1-20(2,3)22-19(25)18-13-17(14-7-5-4-6-8-14)23-24(18)16-11-9-15(21)10-12-16/h4-13H,1-3H3,(H,22,25). The fraction of sp³-hybridized carbons (Fsp3) is 0.200. The molecule has 0 aliphatic rings. The first-order valence-corrected chi connectivity index (χ1v) is 8.07. The summed E-state index contributed by atoms with van der Waals surface area (Å²) in [6.07, 6.45) is 0. The second kappa shape index (κ2) is 6.51. The van der Waals surface area contributed by atoms with Crippen molar-refractivity contribution in [3.63, 3.8) is 0 Å². The molecule has 128 valence electrons. The van der Waals surface area contributed by atoms with Gasteiger partial charge in [0, 0.05) is 11.1 Å². The van der Waals surface area contributed by atoms with Crippen molar-refractivity contribution in [3.8, 4) is 16.9 Å². The zero-order chi connectivity index (χ0) is 18.0. The number of halogens is 1. The Labute approximate surface area is 146 Å². The molecule has 0 saturated carbocycles. The summed E-state index contributed by atoms with van der Waals surface area (Å²) >= 11 is 0. The second-order valence-corrected chi connectivity index (χ2v) is 6.87. The Bertz CT molecular complexity index is 878. The molecule has 5 heteroatoms. The fourth-order valence-electron chi connectivity index (χ4n) is 2.48. The molecule has 1 heterocycles. The van der Waals surface area contributed by atoms with E-state index in [2.05, 4.69) is 10.4 Å². The van der Waals surface area contributed by atoms with Gasteiger partial charge in [-0.2, -0.15) is 5.10 Å². The van der Waals surface area contributed by atoms with Crippen LogP contribution in [0.3, 0.4) is 0 Å². The van der Waals surface area contributed by atoms with E-state index < -0.39 is 0 Å². The molecule has 1 aromatic heterocycles. The van der Waals surface area contributed by atoms with Gasteiger partial charge in [-0.05, 0) is 51.1 Å². The first kappa shape index (κ1) is 16.9. The third kappa shape index (κ3) is 3.94. The van der Waals surface area contributed by atoms with E-state index in [0.29, 0.717) is 17.1 Å². The molecule has 1 amide bonds. The average Bonchev–Trinajstić information content (AvgIpc) is 3.00. The Morgan fingerprint density at radius 1 is 1.04 bits per heavy atom. The van der Waals surface area contributed by atoms with Crippen molar-refractivity contribution in [2.75, 3.05) is 0 Å². The molecule has 0 unspecified atom stereocenters. The molecule has 4 nitrogen and oxygen atoms in total. The summed E-state index contributed by atoms with van der Waals surface area (Å²) in [6.45, 7) is 5.75. The van der Waals surface area contributed by atoms with Crippen LogP contribution in [0.5, 0.6) is 0 Å². The zero-order valence-electron chi connectivity index (χ0n) is 14.5.